The SMILES string of the molecule is CC(C)c1noc(N2CCC([C@H](C)CCOc3cnc(N4C[C@H](N)[C@@H](N5CCCC5=O)C4)nc3)CC2)n1.Cc1ccc(S(=O)(=O)O)cc1. The summed E-state index contributed by atoms with van der Waals surface area (Å²) in [6.07, 6.45) is 8.23. The van der Waals surface area contributed by atoms with Crippen LogP contribution < -0.4 is 20.3 Å². The molecular formula is C33H48N8O6S. The van der Waals surface area contributed by atoms with Gasteiger partial charge in [-0.3, -0.25) is 9.35 Å². The van der Waals surface area contributed by atoms with Crippen LogP contribution in [0.25, 0.3) is 0 Å². The number of nitrogens with two attached hydrogens (primary N) is 1. The molecule has 3 atom stereocenters. The third-order valence-electron chi connectivity index (χ3n) is 9.46. The molecule has 3 saturated heterocycles. The topological polar surface area (TPSA) is 181 Å². The molecule has 6 rings (SSSR count). The van der Waals surface area contributed by atoms with Crippen LogP contribution in [0.2, 0.25) is 0 Å². The van der Waals surface area contributed by atoms with Gasteiger partial charge in [-0.15, -0.1) is 0 Å². The predicted octanol–water partition coefficient (Wildman–Crippen LogP) is 3.68. The molecule has 5 heterocycles. The molecule has 0 bridgehead atoms. The third kappa shape index (κ3) is 8.99. The zero-order chi connectivity index (χ0) is 34.4. The quantitative estimate of drug-likeness (QED) is 0.296. The lowest BCUT2D eigenvalue weighted by Crippen LogP contribution is -2.47. The molecule has 0 saturated carbocycles. The van der Waals surface area contributed by atoms with Crippen LogP contribution in [0.1, 0.15) is 70.2 Å². The van der Waals surface area contributed by atoms with Gasteiger partial charge in [-0.05, 0) is 56.6 Å². The number of anilines is 2. The molecule has 0 radical (unpaired) electrons. The minimum absolute atomic E-state index is 0.0346. The van der Waals surface area contributed by atoms with E-state index < -0.39 is 10.1 Å². The fraction of sp³-hybridized carbons (Fsp3) is 0.606. The Morgan fingerprint density at radius 2 is 1.73 bits per heavy atom. The molecule has 2 aromatic heterocycles. The fourth-order valence-corrected chi connectivity index (χ4v) is 6.91. The van der Waals surface area contributed by atoms with Crippen molar-refractivity contribution >= 4 is 28.0 Å². The lowest BCUT2D eigenvalue weighted by Gasteiger charge is -2.33. The van der Waals surface area contributed by atoms with Crippen molar-refractivity contribution in [1.29, 1.82) is 0 Å². The van der Waals surface area contributed by atoms with Crippen LogP contribution in [-0.2, 0) is 14.9 Å². The van der Waals surface area contributed by atoms with Crippen LogP contribution in [0, 0.1) is 18.8 Å². The Balaban J connectivity index is 0.000000349. The number of carbonyl (C=O) groups is 1. The van der Waals surface area contributed by atoms with Crippen molar-refractivity contribution in [2.24, 2.45) is 17.6 Å². The summed E-state index contributed by atoms with van der Waals surface area (Å²) >= 11 is 0. The molecule has 0 spiro atoms. The van der Waals surface area contributed by atoms with Crippen molar-refractivity contribution in [3.8, 4) is 5.75 Å². The van der Waals surface area contributed by atoms with E-state index in [2.05, 4.69) is 50.7 Å². The molecule has 3 fully saturated rings. The maximum Gasteiger partial charge on any atom is 0.324 e. The molecule has 0 unspecified atom stereocenters. The second-order valence-electron chi connectivity index (χ2n) is 13.4. The summed E-state index contributed by atoms with van der Waals surface area (Å²) in [5.41, 5.74) is 7.31. The highest BCUT2D eigenvalue weighted by atomic mass is 32.2. The number of aryl methyl sites for hydroxylation is 1. The zero-order valence-corrected chi connectivity index (χ0v) is 29.1. The van der Waals surface area contributed by atoms with Gasteiger partial charge < -0.3 is 29.7 Å². The Labute approximate surface area is 282 Å². The summed E-state index contributed by atoms with van der Waals surface area (Å²) in [5, 5.41) is 4.09. The smallest absolute Gasteiger partial charge is 0.324 e. The minimum atomic E-state index is -4.02. The van der Waals surface area contributed by atoms with Crippen molar-refractivity contribution in [2.75, 3.05) is 49.1 Å². The van der Waals surface area contributed by atoms with Gasteiger partial charge in [-0.1, -0.05) is 43.6 Å². The predicted molar refractivity (Wildman–Crippen MR) is 181 cm³/mol. The zero-order valence-electron chi connectivity index (χ0n) is 28.2. The van der Waals surface area contributed by atoms with Gasteiger partial charge in [-0.2, -0.15) is 13.4 Å². The van der Waals surface area contributed by atoms with E-state index in [1.165, 1.54) is 12.1 Å². The van der Waals surface area contributed by atoms with E-state index in [0.29, 0.717) is 55.7 Å². The number of hydrogen-bond acceptors (Lipinski definition) is 12. The Morgan fingerprint density at radius 3 is 2.31 bits per heavy atom. The molecule has 1 aromatic carbocycles. The third-order valence-corrected chi connectivity index (χ3v) is 10.3. The van der Waals surface area contributed by atoms with Gasteiger partial charge in [0.1, 0.15) is 0 Å². The number of hydrogen-bond donors (Lipinski definition) is 2. The highest BCUT2D eigenvalue weighted by Gasteiger charge is 2.39. The Hall–Kier alpha value is -3.82. The summed E-state index contributed by atoms with van der Waals surface area (Å²) in [7, 11) is -4.02. The largest absolute Gasteiger partial charge is 0.490 e. The first-order valence-electron chi connectivity index (χ1n) is 16.8. The van der Waals surface area contributed by atoms with Crippen molar-refractivity contribution in [1.82, 2.24) is 25.0 Å². The molecule has 15 heteroatoms. The second-order valence-corrected chi connectivity index (χ2v) is 14.8. The molecule has 1 amide bonds. The second kappa shape index (κ2) is 15.6. The Morgan fingerprint density at radius 1 is 1.04 bits per heavy atom. The number of carbonyl (C=O) groups excluding carboxylic acids is 1. The molecule has 3 N–H and O–H groups in total. The van der Waals surface area contributed by atoms with Gasteiger partial charge in [-0.25, -0.2) is 9.97 Å². The first-order chi connectivity index (χ1) is 22.9. The van der Waals surface area contributed by atoms with Crippen LogP contribution in [0.15, 0.2) is 46.1 Å². The van der Waals surface area contributed by atoms with Crippen molar-refractivity contribution < 1.29 is 27.0 Å². The van der Waals surface area contributed by atoms with Crippen LogP contribution >= 0.6 is 0 Å². The van der Waals surface area contributed by atoms with Gasteiger partial charge in [0.2, 0.25) is 11.9 Å². The average molecular weight is 685 g/mol. The van der Waals surface area contributed by atoms with E-state index in [-0.39, 0.29) is 28.8 Å². The number of ether oxygens (including phenoxy) is 1. The summed E-state index contributed by atoms with van der Waals surface area (Å²) in [4.78, 5) is 31.8. The first kappa shape index (κ1) is 35.5. The van der Waals surface area contributed by atoms with E-state index in [9.17, 15) is 13.2 Å². The number of nitrogens with zero attached hydrogens (tertiary/aromatic N) is 7. The highest BCUT2D eigenvalue weighted by molar-refractivity contribution is 7.85. The van der Waals surface area contributed by atoms with Crippen LogP contribution in [0.4, 0.5) is 12.0 Å². The van der Waals surface area contributed by atoms with Gasteiger partial charge in [0, 0.05) is 51.1 Å². The molecule has 3 aliphatic rings. The molecule has 0 aliphatic carbocycles. The Bertz CT molecular complexity index is 1590. The van der Waals surface area contributed by atoms with Crippen molar-refractivity contribution in [3.63, 3.8) is 0 Å². The maximum absolute atomic E-state index is 12.1. The first-order valence-corrected chi connectivity index (χ1v) is 18.2. The summed E-state index contributed by atoms with van der Waals surface area (Å²) < 4.78 is 41.0. The minimum Gasteiger partial charge on any atom is -0.490 e. The van der Waals surface area contributed by atoms with Crippen molar-refractivity contribution in [3.05, 3.63) is 48.0 Å². The summed E-state index contributed by atoms with van der Waals surface area (Å²) in [6, 6.07) is 6.59. The summed E-state index contributed by atoms with van der Waals surface area (Å²) in [5.74, 6) is 3.78. The van der Waals surface area contributed by atoms with Crippen LogP contribution in [-0.4, -0.2) is 95.3 Å². The number of amides is 1. The fourth-order valence-electron chi connectivity index (χ4n) is 6.43. The standard InChI is InChI=1S/C26H40N8O3.C7H8O3S/c1-17(2)24-30-26(37-31-24)32-10-6-19(7-11-32)18(3)8-12-36-20-13-28-25(29-14-20)33-15-21(27)22(16-33)34-9-4-5-23(34)35;1-6-2-4-7(5-3-6)11(8,9)10/h13-14,17-19,21-22H,4-12,15-16,27H2,1-3H3;2-5H,1H3,(H,8,9,10)/t18-,21+,22+;/m1./s1. The van der Waals surface area contributed by atoms with Crippen molar-refractivity contribution in [2.45, 2.75) is 82.7 Å². The molecule has 48 heavy (non-hydrogen) atoms. The maximum atomic E-state index is 12.1. The summed E-state index contributed by atoms with van der Waals surface area (Å²) in [6.45, 7) is 12.9. The van der Waals surface area contributed by atoms with Crippen LogP contribution in [0.3, 0.4) is 0 Å². The number of likely N-dealkylation sites (tertiary alicyclic amines) is 1. The van der Waals surface area contributed by atoms with E-state index >= 15 is 0 Å². The lowest BCUT2D eigenvalue weighted by molar-refractivity contribution is -0.129. The number of rotatable bonds is 10. The number of piperidine rings is 1. The van der Waals surface area contributed by atoms with E-state index in [4.69, 9.17) is 19.5 Å². The van der Waals surface area contributed by atoms with E-state index in [0.717, 1.165) is 56.7 Å². The average Bonchev–Trinajstić information content (AvgIpc) is 3.82. The molecular weight excluding hydrogens is 636 g/mol. The highest BCUT2D eigenvalue weighted by Crippen LogP contribution is 2.30. The van der Waals surface area contributed by atoms with Gasteiger partial charge in [0.15, 0.2) is 11.6 Å². The van der Waals surface area contributed by atoms with E-state index in [1.54, 1.807) is 24.5 Å². The van der Waals surface area contributed by atoms with Gasteiger partial charge >= 0.3 is 6.01 Å². The molecule has 3 aromatic rings. The van der Waals surface area contributed by atoms with Crippen LogP contribution in [0.5, 0.6) is 5.75 Å². The number of aromatic nitrogens is 4. The molecule has 3 aliphatic heterocycles. The molecule has 14 nitrogen and oxygen atoms in total. The van der Waals surface area contributed by atoms with Gasteiger partial charge in [0.25, 0.3) is 10.1 Å². The lowest BCUT2D eigenvalue weighted by atomic mass is 9.84. The van der Waals surface area contributed by atoms with E-state index in [1.807, 2.05) is 11.8 Å². The van der Waals surface area contributed by atoms with Gasteiger partial charge in [0.05, 0.1) is 29.9 Å². The number of benzene rings is 1. The molecule has 262 valence electrons. The monoisotopic (exact) mass is 684 g/mol. The normalized spacial score (nSPS) is 21.1. The Kier molecular flexibility index (Phi) is 11.5.